The van der Waals surface area contributed by atoms with E-state index in [0.717, 1.165) is 30.7 Å². The van der Waals surface area contributed by atoms with Crippen molar-refractivity contribution >= 4 is 17.5 Å². The van der Waals surface area contributed by atoms with Gasteiger partial charge in [-0.2, -0.15) is 18.2 Å². The zero-order valence-corrected chi connectivity index (χ0v) is 16.1. The molecule has 1 aliphatic rings. The fourth-order valence-electron chi connectivity index (χ4n) is 2.84. The first-order valence-corrected chi connectivity index (χ1v) is 9.38. The van der Waals surface area contributed by atoms with Gasteiger partial charge in [-0.3, -0.25) is 0 Å². The van der Waals surface area contributed by atoms with E-state index in [9.17, 15) is 18.3 Å². The number of anilines is 3. The molecule has 3 rings (SSSR count). The van der Waals surface area contributed by atoms with Gasteiger partial charge in [0.05, 0.1) is 23.9 Å². The fourth-order valence-corrected chi connectivity index (χ4v) is 2.84. The SMILES string of the molecule is Cc1ccc(C(F)(F)F)cc1Nc1cc(C2CC2)nc(N[C@H](CO)C(C)C)n1. The molecule has 5 nitrogen and oxygen atoms in total. The lowest BCUT2D eigenvalue weighted by Crippen LogP contribution is -2.30. The summed E-state index contributed by atoms with van der Waals surface area (Å²) in [5.74, 6) is 1.31. The van der Waals surface area contributed by atoms with Crippen molar-refractivity contribution in [1.82, 2.24) is 9.97 Å². The van der Waals surface area contributed by atoms with Crippen LogP contribution in [-0.2, 0) is 6.18 Å². The van der Waals surface area contributed by atoms with Crippen molar-refractivity contribution in [3.8, 4) is 0 Å². The van der Waals surface area contributed by atoms with Crippen molar-refractivity contribution in [2.24, 2.45) is 5.92 Å². The molecule has 1 aromatic heterocycles. The standard InChI is InChI=1S/C20H25F3N4O/c1-11(2)17(10-28)26-19-25-16(13-5-6-13)9-18(27-19)24-15-8-14(20(21,22)23)7-4-12(15)3/h4,7-9,11,13,17,28H,5-6,10H2,1-3H3,(H2,24,25,26,27)/t17-/m1/s1. The van der Waals surface area contributed by atoms with Crippen LogP contribution in [0.2, 0.25) is 0 Å². The van der Waals surface area contributed by atoms with Gasteiger partial charge in [0.15, 0.2) is 0 Å². The van der Waals surface area contributed by atoms with Crippen LogP contribution in [0.4, 0.5) is 30.6 Å². The molecular weight excluding hydrogens is 369 g/mol. The number of alkyl halides is 3. The van der Waals surface area contributed by atoms with E-state index in [4.69, 9.17) is 0 Å². The molecule has 0 saturated heterocycles. The van der Waals surface area contributed by atoms with Crippen LogP contribution in [0.25, 0.3) is 0 Å². The quantitative estimate of drug-likeness (QED) is 0.626. The zero-order valence-electron chi connectivity index (χ0n) is 16.1. The number of nitrogens with one attached hydrogen (secondary N) is 2. The Balaban J connectivity index is 1.91. The zero-order chi connectivity index (χ0) is 20.5. The van der Waals surface area contributed by atoms with Crippen molar-refractivity contribution < 1.29 is 18.3 Å². The second-order valence-electron chi connectivity index (χ2n) is 7.61. The fraction of sp³-hybridized carbons (Fsp3) is 0.500. The third-order valence-corrected chi connectivity index (χ3v) is 4.89. The van der Waals surface area contributed by atoms with E-state index in [1.54, 1.807) is 13.0 Å². The van der Waals surface area contributed by atoms with Crippen molar-refractivity contribution in [2.75, 3.05) is 17.2 Å². The first-order chi connectivity index (χ1) is 13.2. The molecule has 1 aliphatic carbocycles. The van der Waals surface area contributed by atoms with Gasteiger partial charge in [0.2, 0.25) is 5.95 Å². The largest absolute Gasteiger partial charge is 0.416 e. The van der Waals surface area contributed by atoms with Crippen LogP contribution < -0.4 is 10.6 Å². The minimum atomic E-state index is -4.41. The predicted molar refractivity (Wildman–Crippen MR) is 103 cm³/mol. The highest BCUT2D eigenvalue weighted by molar-refractivity contribution is 5.63. The van der Waals surface area contributed by atoms with Crippen LogP contribution in [0, 0.1) is 12.8 Å². The minimum absolute atomic E-state index is 0.0653. The lowest BCUT2D eigenvalue weighted by Gasteiger charge is -2.21. The molecule has 1 heterocycles. The lowest BCUT2D eigenvalue weighted by molar-refractivity contribution is -0.137. The molecule has 0 amide bonds. The maximum atomic E-state index is 13.1. The molecule has 0 bridgehead atoms. The van der Waals surface area contributed by atoms with Gasteiger partial charge in [0.25, 0.3) is 0 Å². The summed E-state index contributed by atoms with van der Waals surface area (Å²) in [6, 6.07) is 5.17. The van der Waals surface area contributed by atoms with Gasteiger partial charge in [0, 0.05) is 17.7 Å². The van der Waals surface area contributed by atoms with E-state index < -0.39 is 11.7 Å². The number of aliphatic hydroxyl groups is 1. The van der Waals surface area contributed by atoms with Gasteiger partial charge in [-0.25, -0.2) is 4.98 Å². The topological polar surface area (TPSA) is 70.1 Å². The summed E-state index contributed by atoms with van der Waals surface area (Å²) in [5.41, 5.74) is 1.17. The Labute approximate surface area is 162 Å². The summed E-state index contributed by atoms with van der Waals surface area (Å²) in [6.45, 7) is 5.63. The van der Waals surface area contributed by atoms with Gasteiger partial charge in [-0.1, -0.05) is 19.9 Å². The van der Waals surface area contributed by atoms with E-state index in [1.807, 2.05) is 13.8 Å². The molecule has 1 fully saturated rings. The van der Waals surface area contributed by atoms with Crippen LogP contribution in [-0.4, -0.2) is 27.7 Å². The number of halogens is 3. The summed E-state index contributed by atoms with van der Waals surface area (Å²) >= 11 is 0. The van der Waals surface area contributed by atoms with Crippen molar-refractivity contribution in [3.63, 3.8) is 0 Å². The van der Waals surface area contributed by atoms with Crippen molar-refractivity contribution in [2.45, 2.75) is 51.7 Å². The molecule has 1 aromatic carbocycles. The first kappa shape index (κ1) is 20.4. The number of aryl methyl sites for hydroxylation is 1. The number of hydrogen-bond donors (Lipinski definition) is 3. The maximum Gasteiger partial charge on any atom is 0.416 e. The highest BCUT2D eigenvalue weighted by Gasteiger charge is 2.31. The molecule has 0 aliphatic heterocycles. The summed E-state index contributed by atoms with van der Waals surface area (Å²) in [5, 5.41) is 15.7. The Hall–Kier alpha value is -2.35. The number of benzene rings is 1. The number of nitrogens with zero attached hydrogens (tertiary/aromatic N) is 2. The van der Waals surface area contributed by atoms with Gasteiger partial charge >= 0.3 is 6.18 Å². The average molecular weight is 394 g/mol. The van der Waals surface area contributed by atoms with Crippen molar-refractivity contribution in [3.05, 3.63) is 41.1 Å². The summed E-state index contributed by atoms with van der Waals surface area (Å²) in [6.07, 6.45) is -2.34. The molecule has 28 heavy (non-hydrogen) atoms. The van der Waals surface area contributed by atoms with Gasteiger partial charge < -0.3 is 15.7 Å². The van der Waals surface area contributed by atoms with Gasteiger partial charge in [0.1, 0.15) is 5.82 Å². The first-order valence-electron chi connectivity index (χ1n) is 9.38. The molecule has 0 unspecified atom stereocenters. The molecule has 3 N–H and O–H groups in total. The Morgan fingerprint density at radius 2 is 1.89 bits per heavy atom. The van der Waals surface area contributed by atoms with E-state index in [-0.39, 0.29) is 18.6 Å². The second kappa shape index (κ2) is 7.95. The second-order valence-corrected chi connectivity index (χ2v) is 7.61. The Morgan fingerprint density at radius 3 is 2.46 bits per heavy atom. The predicted octanol–water partition coefficient (Wildman–Crippen LogP) is 4.85. The third-order valence-electron chi connectivity index (χ3n) is 4.89. The number of aromatic nitrogens is 2. The Kier molecular flexibility index (Phi) is 5.79. The van der Waals surface area contributed by atoms with Gasteiger partial charge in [-0.15, -0.1) is 0 Å². The van der Waals surface area contributed by atoms with E-state index in [1.165, 1.54) is 6.07 Å². The van der Waals surface area contributed by atoms with Crippen LogP contribution in [0.5, 0.6) is 0 Å². The lowest BCUT2D eigenvalue weighted by atomic mass is 10.1. The average Bonchev–Trinajstić information content (AvgIpc) is 3.45. The molecule has 8 heteroatoms. The number of rotatable bonds is 7. The van der Waals surface area contributed by atoms with Crippen LogP contribution in [0.3, 0.4) is 0 Å². The normalized spacial score (nSPS) is 15.6. The monoisotopic (exact) mass is 394 g/mol. The minimum Gasteiger partial charge on any atom is -0.394 e. The van der Waals surface area contributed by atoms with Crippen LogP contribution in [0.15, 0.2) is 24.3 Å². The molecule has 0 radical (unpaired) electrons. The number of aliphatic hydroxyl groups excluding tert-OH is 1. The third kappa shape index (κ3) is 4.92. The summed E-state index contributed by atoms with van der Waals surface area (Å²) in [4.78, 5) is 8.95. The molecule has 0 spiro atoms. The maximum absolute atomic E-state index is 13.1. The van der Waals surface area contributed by atoms with E-state index >= 15 is 0 Å². The Morgan fingerprint density at radius 1 is 1.18 bits per heavy atom. The molecule has 152 valence electrons. The smallest absolute Gasteiger partial charge is 0.394 e. The van der Waals surface area contributed by atoms with Crippen LogP contribution in [0.1, 0.15) is 49.4 Å². The molecule has 1 atom stereocenters. The van der Waals surface area contributed by atoms with Gasteiger partial charge in [-0.05, 0) is 43.4 Å². The van der Waals surface area contributed by atoms with Crippen molar-refractivity contribution in [1.29, 1.82) is 0 Å². The molecule has 1 saturated carbocycles. The highest BCUT2D eigenvalue weighted by atomic mass is 19.4. The van der Waals surface area contributed by atoms with Crippen LogP contribution >= 0.6 is 0 Å². The van der Waals surface area contributed by atoms with E-state index in [2.05, 4.69) is 20.6 Å². The van der Waals surface area contributed by atoms with E-state index in [0.29, 0.717) is 28.9 Å². The molecular formula is C20H25F3N4O. The number of hydrogen-bond acceptors (Lipinski definition) is 5. The highest BCUT2D eigenvalue weighted by Crippen LogP contribution is 2.40. The summed E-state index contributed by atoms with van der Waals surface area (Å²) in [7, 11) is 0. The summed E-state index contributed by atoms with van der Waals surface area (Å²) < 4.78 is 39.2. The molecule has 2 aromatic rings. The Bertz CT molecular complexity index is 835.